The maximum Gasteiger partial charge on any atom is 0.266 e. The Kier molecular flexibility index (Phi) is 7.69. The van der Waals surface area contributed by atoms with Gasteiger partial charge in [0, 0.05) is 25.9 Å². The third-order valence-electron chi connectivity index (χ3n) is 5.62. The Morgan fingerprint density at radius 3 is 2.55 bits per heavy atom. The van der Waals surface area contributed by atoms with Gasteiger partial charge in [0.25, 0.3) is 5.91 Å². The molecule has 2 aromatic rings. The van der Waals surface area contributed by atoms with Crippen molar-refractivity contribution in [3.8, 4) is 5.75 Å². The molecular formula is C25H29N3O4S. The van der Waals surface area contributed by atoms with Crippen molar-refractivity contribution in [2.45, 2.75) is 6.92 Å². The number of benzene rings is 2. The topological polar surface area (TPSA) is 63.6 Å². The van der Waals surface area contributed by atoms with Gasteiger partial charge in [0.1, 0.15) is 5.75 Å². The second-order valence-corrected chi connectivity index (χ2v) is 8.80. The van der Waals surface area contributed by atoms with Gasteiger partial charge in [-0.25, -0.2) is 4.99 Å². The summed E-state index contributed by atoms with van der Waals surface area (Å²) in [5.41, 5.74) is 4.11. The summed E-state index contributed by atoms with van der Waals surface area (Å²) in [7, 11) is 3.26. The van der Waals surface area contributed by atoms with Crippen LogP contribution in [-0.4, -0.2) is 69.6 Å². The van der Waals surface area contributed by atoms with Crippen LogP contribution in [0.25, 0.3) is 6.08 Å². The van der Waals surface area contributed by atoms with Crippen molar-refractivity contribution in [3.05, 3.63) is 58.5 Å². The van der Waals surface area contributed by atoms with E-state index in [4.69, 9.17) is 19.2 Å². The number of amidine groups is 1. The lowest BCUT2D eigenvalue weighted by Crippen LogP contribution is -2.36. The maximum atomic E-state index is 13.2. The number of thioether (sulfide) groups is 1. The van der Waals surface area contributed by atoms with Crippen LogP contribution in [0.5, 0.6) is 5.75 Å². The van der Waals surface area contributed by atoms with Crippen LogP contribution in [0, 0.1) is 6.92 Å². The van der Waals surface area contributed by atoms with Gasteiger partial charge in [0.05, 0.1) is 44.1 Å². The second-order valence-electron chi connectivity index (χ2n) is 7.79. The highest BCUT2D eigenvalue weighted by atomic mass is 32.2. The standard InChI is InChI=1S/C25H29N3O4S/c1-18-16-21(27-10-14-32-15-11-27)7-4-19(18)17-23-24(29)28(12-13-30-2)25(33-23)26-20-5-8-22(31-3)9-6-20/h4-9,16-17H,10-15H2,1-3H3/b23-17-,26-25?. The molecule has 2 heterocycles. The molecule has 1 amide bonds. The third kappa shape index (κ3) is 5.58. The van der Waals surface area contributed by atoms with Crippen LogP contribution < -0.4 is 9.64 Å². The molecule has 0 aliphatic carbocycles. The fraction of sp³-hybridized carbons (Fsp3) is 0.360. The zero-order chi connectivity index (χ0) is 23.2. The Morgan fingerprint density at radius 2 is 1.88 bits per heavy atom. The molecule has 2 aliphatic heterocycles. The highest BCUT2D eigenvalue weighted by Gasteiger charge is 2.33. The summed E-state index contributed by atoms with van der Waals surface area (Å²) >= 11 is 1.39. The van der Waals surface area contributed by atoms with Gasteiger partial charge in [-0.3, -0.25) is 9.69 Å². The maximum absolute atomic E-state index is 13.2. The number of nitrogens with zero attached hydrogens (tertiary/aromatic N) is 3. The summed E-state index contributed by atoms with van der Waals surface area (Å²) in [5.74, 6) is 0.711. The van der Waals surface area contributed by atoms with E-state index in [1.54, 1.807) is 19.1 Å². The van der Waals surface area contributed by atoms with Gasteiger partial charge in [-0.05, 0) is 72.3 Å². The van der Waals surface area contributed by atoms with E-state index in [-0.39, 0.29) is 5.91 Å². The summed E-state index contributed by atoms with van der Waals surface area (Å²) in [4.78, 5) is 22.6. The van der Waals surface area contributed by atoms with Gasteiger partial charge in [-0.1, -0.05) is 6.07 Å². The van der Waals surface area contributed by atoms with Crippen molar-refractivity contribution < 1.29 is 19.0 Å². The van der Waals surface area contributed by atoms with Crippen LogP contribution in [0.2, 0.25) is 0 Å². The first-order valence-corrected chi connectivity index (χ1v) is 11.8. The van der Waals surface area contributed by atoms with Crippen LogP contribution in [0.3, 0.4) is 0 Å². The Labute approximate surface area is 199 Å². The van der Waals surface area contributed by atoms with E-state index < -0.39 is 0 Å². The molecule has 2 saturated heterocycles. The number of hydrogen-bond acceptors (Lipinski definition) is 7. The number of carbonyl (C=O) groups excluding carboxylic acids is 1. The summed E-state index contributed by atoms with van der Waals surface area (Å²) in [6.07, 6.45) is 1.96. The monoisotopic (exact) mass is 467 g/mol. The van der Waals surface area contributed by atoms with Crippen molar-refractivity contribution >= 4 is 40.3 Å². The first-order valence-electron chi connectivity index (χ1n) is 11.0. The number of rotatable bonds is 7. The van der Waals surface area contributed by atoms with E-state index in [0.29, 0.717) is 23.2 Å². The normalized spacial score (nSPS) is 19.1. The number of carbonyl (C=O) groups is 1. The van der Waals surface area contributed by atoms with Gasteiger partial charge in [0.15, 0.2) is 5.17 Å². The fourth-order valence-electron chi connectivity index (χ4n) is 3.72. The molecule has 0 bridgehead atoms. The van der Waals surface area contributed by atoms with Crippen molar-refractivity contribution in [1.29, 1.82) is 0 Å². The van der Waals surface area contributed by atoms with Crippen LogP contribution in [0.4, 0.5) is 11.4 Å². The molecule has 0 unspecified atom stereocenters. The molecule has 0 N–H and O–H groups in total. The molecule has 174 valence electrons. The molecular weight excluding hydrogens is 438 g/mol. The lowest BCUT2D eigenvalue weighted by molar-refractivity contribution is -0.122. The second kappa shape index (κ2) is 10.9. The minimum absolute atomic E-state index is 0.0547. The van der Waals surface area contributed by atoms with Crippen LogP contribution >= 0.6 is 11.8 Å². The Morgan fingerprint density at radius 1 is 1.12 bits per heavy atom. The average molecular weight is 468 g/mol. The fourth-order valence-corrected chi connectivity index (χ4v) is 4.74. The summed E-state index contributed by atoms with van der Waals surface area (Å²) < 4.78 is 15.9. The summed E-state index contributed by atoms with van der Waals surface area (Å²) in [5, 5.41) is 0.649. The summed E-state index contributed by atoms with van der Waals surface area (Å²) in [6.45, 7) is 6.27. The number of aliphatic imine (C=N–C) groups is 1. The largest absolute Gasteiger partial charge is 0.497 e. The first kappa shape index (κ1) is 23.4. The first-order chi connectivity index (χ1) is 16.1. The quantitative estimate of drug-likeness (QED) is 0.572. The van der Waals surface area contributed by atoms with Gasteiger partial charge < -0.3 is 19.1 Å². The molecule has 33 heavy (non-hydrogen) atoms. The van der Waals surface area contributed by atoms with Crippen LogP contribution in [0.1, 0.15) is 11.1 Å². The van der Waals surface area contributed by atoms with Crippen LogP contribution in [0.15, 0.2) is 52.4 Å². The van der Waals surface area contributed by atoms with Crippen molar-refractivity contribution in [1.82, 2.24) is 4.90 Å². The highest BCUT2D eigenvalue weighted by Crippen LogP contribution is 2.35. The van der Waals surface area contributed by atoms with E-state index in [2.05, 4.69) is 30.0 Å². The Bertz CT molecular complexity index is 1050. The van der Waals surface area contributed by atoms with Crippen molar-refractivity contribution in [2.24, 2.45) is 4.99 Å². The number of anilines is 1. The SMILES string of the molecule is COCCN1C(=O)/C(=C/c2ccc(N3CCOCC3)cc2C)SC1=Nc1ccc(OC)cc1. The van der Waals surface area contributed by atoms with Gasteiger partial charge in [0.2, 0.25) is 0 Å². The molecule has 0 aromatic heterocycles. The predicted molar refractivity (Wildman–Crippen MR) is 133 cm³/mol. The molecule has 2 aromatic carbocycles. The zero-order valence-corrected chi connectivity index (χ0v) is 20.1. The molecule has 0 saturated carbocycles. The molecule has 0 spiro atoms. The number of morpholine rings is 1. The number of aryl methyl sites for hydroxylation is 1. The molecule has 0 atom stereocenters. The number of hydrogen-bond donors (Lipinski definition) is 0. The molecule has 7 nitrogen and oxygen atoms in total. The van der Waals surface area contributed by atoms with E-state index >= 15 is 0 Å². The van der Waals surface area contributed by atoms with Crippen molar-refractivity contribution in [3.63, 3.8) is 0 Å². The Hall–Kier alpha value is -2.81. The van der Waals surface area contributed by atoms with E-state index in [9.17, 15) is 4.79 Å². The van der Waals surface area contributed by atoms with E-state index in [1.165, 1.54) is 17.4 Å². The van der Waals surface area contributed by atoms with Crippen molar-refractivity contribution in [2.75, 3.05) is 58.6 Å². The Balaban J connectivity index is 1.59. The minimum atomic E-state index is -0.0547. The smallest absolute Gasteiger partial charge is 0.266 e. The predicted octanol–water partition coefficient (Wildman–Crippen LogP) is 4.09. The minimum Gasteiger partial charge on any atom is -0.497 e. The van der Waals surface area contributed by atoms with Gasteiger partial charge >= 0.3 is 0 Å². The van der Waals surface area contributed by atoms with Crippen LogP contribution in [-0.2, 0) is 14.3 Å². The number of amides is 1. The molecule has 8 heteroatoms. The number of ether oxygens (including phenoxy) is 3. The third-order valence-corrected chi connectivity index (χ3v) is 6.63. The van der Waals surface area contributed by atoms with E-state index in [0.717, 1.165) is 48.9 Å². The van der Waals surface area contributed by atoms with Gasteiger partial charge in [-0.2, -0.15) is 0 Å². The molecule has 2 aliphatic rings. The summed E-state index contributed by atoms with van der Waals surface area (Å²) in [6, 6.07) is 13.8. The molecule has 4 rings (SSSR count). The number of methoxy groups -OCH3 is 2. The van der Waals surface area contributed by atoms with Gasteiger partial charge in [-0.15, -0.1) is 0 Å². The highest BCUT2D eigenvalue weighted by molar-refractivity contribution is 8.18. The van der Waals surface area contributed by atoms with E-state index in [1.807, 2.05) is 30.3 Å². The molecule has 0 radical (unpaired) electrons. The average Bonchev–Trinajstić information content (AvgIpc) is 3.13. The lowest BCUT2D eigenvalue weighted by atomic mass is 10.1. The molecule has 2 fully saturated rings. The zero-order valence-electron chi connectivity index (χ0n) is 19.2. The lowest BCUT2D eigenvalue weighted by Gasteiger charge is -2.29.